The highest BCUT2D eigenvalue weighted by Crippen LogP contribution is 2.48. The smallest absolute Gasteiger partial charge is 0.123 e. The Morgan fingerprint density at radius 3 is 2.13 bits per heavy atom. The lowest BCUT2D eigenvalue weighted by Gasteiger charge is -2.39. The summed E-state index contributed by atoms with van der Waals surface area (Å²) >= 11 is 0. The molecule has 6 rings (SSSR count). The monoisotopic (exact) mass is 530 g/mol. The van der Waals surface area contributed by atoms with Crippen molar-refractivity contribution in [1.29, 1.82) is 0 Å². The van der Waals surface area contributed by atoms with Crippen LogP contribution in [-0.4, -0.2) is 73.1 Å². The molecule has 3 heterocycles. The molecule has 0 bridgehead atoms. The molecule has 0 spiro atoms. The molecule has 0 unspecified atom stereocenters. The van der Waals surface area contributed by atoms with Crippen LogP contribution in [0.5, 0.6) is 0 Å². The zero-order valence-corrected chi connectivity index (χ0v) is 22.8. The van der Waals surface area contributed by atoms with Gasteiger partial charge in [0.05, 0.1) is 0 Å². The van der Waals surface area contributed by atoms with Crippen LogP contribution in [0.2, 0.25) is 0 Å². The van der Waals surface area contributed by atoms with E-state index in [1.165, 1.54) is 56.6 Å². The van der Waals surface area contributed by atoms with E-state index < -0.39 is 0 Å². The molecule has 3 aliphatic rings. The molecule has 0 saturated carbocycles. The molecule has 2 saturated heterocycles. The molecule has 0 amide bonds. The van der Waals surface area contributed by atoms with Gasteiger partial charge in [-0.05, 0) is 85.9 Å². The molecule has 0 aliphatic carbocycles. The number of piperazine rings is 1. The third kappa shape index (κ3) is 6.19. The Morgan fingerprint density at radius 1 is 0.667 bits per heavy atom. The van der Waals surface area contributed by atoms with Gasteiger partial charge in [0.2, 0.25) is 0 Å². The predicted octanol–water partition coefficient (Wildman–Crippen LogP) is 6.26. The Labute approximate surface area is 231 Å². The Hall–Kier alpha value is -2.80. The predicted molar refractivity (Wildman–Crippen MR) is 155 cm³/mol. The van der Waals surface area contributed by atoms with Crippen LogP contribution in [0.1, 0.15) is 42.7 Å². The molecule has 0 radical (unpaired) electrons. The molecule has 2 fully saturated rings. The van der Waals surface area contributed by atoms with Gasteiger partial charge in [-0.1, -0.05) is 36.8 Å². The number of fused-ring (bicyclic) bond motifs is 3. The second kappa shape index (κ2) is 12.2. The van der Waals surface area contributed by atoms with Crippen molar-refractivity contribution in [3.8, 4) is 0 Å². The summed E-state index contributed by atoms with van der Waals surface area (Å²) in [5.74, 6) is -0.123. The van der Waals surface area contributed by atoms with Gasteiger partial charge in [0.25, 0.3) is 0 Å². The maximum Gasteiger partial charge on any atom is 0.123 e. The number of hydrogen-bond acceptors (Lipinski definition) is 4. The van der Waals surface area contributed by atoms with Gasteiger partial charge in [-0.3, -0.25) is 4.90 Å². The van der Waals surface area contributed by atoms with Crippen molar-refractivity contribution >= 4 is 11.4 Å². The van der Waals surface area contributed by atoms with Gasteiger partial charge < -0.3 is 14.7 Å². The fourth-order valence-electron chi connectivity index (χ4n) is 6.84. The van der Waals surface area contributed by atoms with E-state index in [1.54, 1.807) is 12.1 Å². The lowest BCUT2D eigenvalue weighted by atomic mass is 9.89. The first kappa shape index (κ1) is 26.4. The van der Waals surface area contributed by atoms with E-state index in [-0.39, 0.29) is 17.6 Å². The number of unbranched alkanes of at least 4 members (excludes halogenated alkanes) is 2. The standard InChI is InChI=1S/C33H40F2N4/c34-27-9-12-29(13-10-27)39-32-14-11-28(35)23-30(32)31-25-37(18-15-33(31)39)17-6-2-5-16-36-19-21-38(22-20-36)24-26-7-3-1-4-8-26/h1,3-4,7-14,23,31,33H,2,5-6,15-22,24-25H2/t31-,33+/m0/s1. The topological polar surface area (TPSA) is 13.0 Å². The van der Waals surface area contributed by atoms with Crippen LogP contribution in [-0.2, 0) is 6.54 Å². The molecule has 0 aromatic heterocycles. The normalized spacial score (nSPS) is 22.2. The highest BCUT2D eigenvalue weighted by molar-refractivity contribution is 5.73. The number of likely N-dealkylation sites (tertiary alicyclic amines) is 1. The lowest BCUT2D eigenvalue weighted by molar-refractivity contribution is 0.125. The van der Waals surface area contributed by atoms with Crippen LogP contribution in [0.25, 0.3) is 0 Å². The van der Waals surface area contributed by atoms with Gasteiger partial charge in [-0.25, -0.2) is 8.78 Å². The second-order valence-electron chi connectivity index (χ2n) is 11.5. The summed E-state index contributed by atoms with van der Waals surface area (Å²) in [5.41, 5.74) is 4.57. The number of halogens is 2. The van der Waals surface area contributed by atoms with Crippen molar-refractivity contribution in [1.82, 2.24) is 14.7 Å². The van der Waals surface area contributed by atoms with Gasteiger partial charge in [-0.15, -0.1) is 0 Å². The van der Waals surface area contributed by atoms with E-state index >= 15 is 0 Å². The van der Waals surface area contributed by atoms with E-state index in [9.17, 15) is 8.78 Å². The lowest BCUT2D eigenvalue weighted by Crippen LogP contribution is -2.46. The van der Waals surface area contributed by atoms with E-state index in [1.807, 2.05) is 18.2 Å². The van der Waals surface area contributed by atoms with E-state index in [4.69, 9.17) is 0 Å². The van der Waals surface area contributed by atoms with Crippen LogP contribution in [0, 0.1) is 11.6 Å². The SMILES string of the molecule is Fc1ccc(N2c3ccc(F)cc3[C@@H]3CN(CCCCCN4CCN(Cc5ccccc5)CC4)CC[C@H]32)cc1. The van der Waals surface area contributed by atoms with Crippen molar-refractivity contribution in [3.05, 3.63) is 95.6 Å². The fraction of sp³-hybridized carbons (Fsp3) is 0.455. The van der Waals surface area contributed by atoms with Crippen molar-refractivity contribution in [2.75, 3.05) is 57.3 Å². The molecular formula is C33H40F2N4. The van der Waals surface area contributed by atoms with Crippen molar-refractivity contribution in [2.24, 2.45) is 0 Å². The first-order chi connectivity index (χ1) is 19.1. The summed E-state index contributed by atoms with van der Waals surface area (Å²) in [5, 5.41) is 0. The summed E-state index contributed by atoms with van der Waals surface area (Å²) in [7, 11) is 0. The van der Waals surface area contributed by atoms with Crippen LogP contribution in [0.3, 0.4) is 0 Å². The van der Waals surface area contributed by atoms with Gasteiger partial charge in [0, 0.05) is 69.1 Å². The third-order valence-electron chi connectivity index (χ3n) is 8.91. The number of anilines is 2. The Balaban J connectivity index is 0.954. The average Bonchev–Trinajstić information content (AvgIpc) is 3.27. The maximum atomic E-state index is 14.3. The van der Waals surface area contributed by atoms with E-state index in [0.29, 0.717) is 6.04 Å². The quantitative estimate of drug-likeness (QED) is 0.303. The Morgan fingerprint density at radius 2 is 1.36 bits per heavy atom. The van der Waals surface area contributed by atoms with Gasteiger partial charge in [-0.2, -0.15) is 0 Å². The minimum atomic E-state index is -0.228. The van der Waals surface area contributed by atoms with E-state index in [0.717, 1.165) is 62.6 Å². The largest absolute Gasteiger partial charge is 0.337 e. The molecular weight excluding hydrogens is 490 g/mol. The number of benzene rings is 3. The Bertz CT molecular complexity index is 1210. The minimum Gasteiger partial charge on any atom is -0.337 e. The van der Waals surface area contributed by atoms with Gasteiger partial charge in [0.15, 0.2) is 0 Å². The molecule has 39 heavy (non-hydrogen) atoms. The number of piperidine rings is 1. The summed E-state index contributed by atoms with van der Waals surface area (Å²) < 4.78 is 27.9. The first-order valence-corrected chi connectivity index (χ1v) is 14.7. The molecule has 3 aromatic rings. The number of hydrogen-bond donors (Lipinski definition) is 0. The molecule has 6 heteroatoms. The van der Waals surface area contributed by atoms with Crippen LogP contribution >= 0.6 is 0 Å². The molecule has 3 aliphatic heterocycles. The highest BCUT2D eigenvalue weighted by atomic mass is 19.1. The molecule has 206 valence electrons. The minimum absolute atomic E-state index is 0.175. The number of nitrogens with zero attached hydrogens (tertiary/aromatic N) is 4. The zero-order valence-electron chi connectivity index (χ0n) is 22.8. The number of rotatable bonds is 9. The van der Waals surface area contributed by atoms with E-state index in [2.05, 4.69) is 49.9 Å². The van der Waals surface area contributed by atoms with Crippen molar-refractivity contribution in [3.63, 3.8) is 0 Å². The average molecular weight is 531 g/mol. The fourth-order valence-corrected chi connectivity index (χ4v) is 6.84. The third-order valence-corrected chi connectivity index (χ3v) is 8.91. The highest BCUT2D eigenvalue weighted by Gasteiger charge is 2.42. The summed E-state index contributed by atoms with van der Waals surface area (Å²) in [4.78, 5) is 10.1. The summed E-state index contributed by atoms with van der Waals surface area (Å²) in [6, 6.07) is 23.0. The van der Waals surface area contributed by atoms with Crippen molar-refractivity contribution in [2.45, 2.75) is 44.2 Å². The summed E-state index contributed by atoms with van der Waals surface area (Å²) in [6.45, 7) is 10.0. The van der Waals surface area contributed by atoms with Gasteiger partial charge in [0.1, 0.15) is 11.6 Å². The van der Waals surface area contributed by atoms with Gasteiger partial charge >= 0.3 is 0 Å². The second-order valence-corrected chi connectivity index (χ2v) is 11.5. The van der Waals surface area contributed by atoms with Crippen molar-refractivity contribution < 1.29 is 8.78 Å². The zero-order chi connectivity index (χ0) is 26.6. The van der Waals surface area contributed by atoms with Crippen LogP contribution in [0.15, 0.2) is 72.8 Å². The van der Waals surface area contributed by atoms with Crippen LogP contribution in [0.4, 0.5) is 20.2 Å². The molecule has 0 N–H and O–H groups in total. The molecule has 3 aromatic carbocycles. The maximum absolute atomic E-state index is 14.3. The molecule has 2 atom stereocenters. The first-order valence-electron chi connectivity index (χ1n) is 14.7. The Kier molecular flexibility index (Phi) is 8.24. The van der Waals surface area contributed by atoms with Crippen LogP contribution < -0.4 is 4.90 Å². The molecule has 4 nitrogen and oxygen atoms in total. The summed E-state index contributed by atoms with van der Waals surface area (Å²) in [6.07, 6.45) is 4.75.